The Labute approximate surface area is 185 Å². The average Bonchev–Trinajstić information content (AvgIpc) is 2.78. The number of ether oxygens (including phenoxy) is 1. The number of rotatable bonds is 7. The number of aromatic carboxylic acids is 1. The van der Waals surface area contributed by atoms with Gasteiger partial charge in [0.25, 0.3) is 5.56 Å². The van der Waals surface area contributed by atoms with Crippen LogP contribution in [0.4, 0.5) is 5.69 Å². The van der Waals surface area contributed by atoms with Gasteiger partial charge in [0.15, 0.2) is 5.69 Å². The zero-order chi connectivity index (χ0) is 23.3. The van der Waals surface area contributed by atoms with Gasteiger partial charge in [0.1, 0.15) is 17.4 Å². The Morgan fingerprint density at radius 1 is 1.16 bits per heavy atom. The Hall–Kier alpha value is -4.38. The smallest absolute Gasteiger partial charge is 0.357 e. The largest absolute Gasteiger partial charge is 0.494 e. The quantitative estimate of drug-likeness (QED) is 0.612. The summed E-state index contributed by atoms with van der Waals surface area (Å²) in [5.74, 6) is -0.744. The Morgan fingerprint density at radius 2 is 1.81 bits per heavy atom. The van der Waals surface area contributed by atoms with E-state index in [0.717, 1.165) is 15.9 Å². The molecule has 0 atom stereocenters. The number of hydrogen-bond donors (Lipinski definition) is 1. The van der Waals surface area contributed by atoms with Crippen molar-refractivity contribution < 1.29 is 14.6 Å². The fourth-order valence-corrected chi connectivity index (χ4v) is 3.06. The first-order valence-corrected chi connectivity index (χ1v) is 9.85. The van der Waals surface area contributed by atoms with Crippen LogP contribution in [-0.4, -0.2) is 41.6 Å². The number of carboxylic acid groups (broad SMARTS) is 1. The zero-order valence-corrected chi connectivity index (χ0v) is 17.9. The molecule has 0 amide bonds. The van der Waals surface area contributed by atoms with E-state index in [1.54, 1.807) is 30.3 Å². The number of nitrogens with zero attached hydrogens (tertiary/aromatic N) is 4. The SMILES string of the molecule is CCOc1ccc(-n2nc(C(=O)O)c(/C=C\c3ccc(N(C)C)cc3)c(C#N)c2=O)cc1. The summed E-state index contributed by atoms with van der Waals surface area (Å²) in [5, 5.41) is 23.4. The molecule has 2 aromatic carbocycles. The first-order valence-electron chi connectivity index (χ1n) is 9.85. The molecule has 0 bridgehead atoms. The molecule has 8 heteroatoms. The van der Waals surface area contributed by atoms with E-state index in [9.17, 15) is 20.0 Å². The topological polar surface area (TPSA) is 108 Å². The van der Waals surface area contributed by atoms with E-state index in [1.807, 2.05) is 56.3 Å². The Kier molecular flexibility index (Phi) is 6.71. The van der Waals surface area contributed by atoms with Crippen LogP contribution in [0, 0.1) is 11.3 Å². The van der Waals surface area contributed by atoms with Crippen molar-refractivity contribution in [1.29, 1.82) is 5.26 Å². The molecule has 32 heavy (non-hydrogen) atoms. The van der Waals surface area contributed by atoms with Crippen LogP contribution in [0.1, 0.15) is 34.1 Å². The highest BCUT2D eigenvalue weighted by atomic mass is 16.5. The molecule has 0 saturated heterocycles. The normalized spacial score (nSPS) is 10.7. The number of carboxylic acids is 1. The van der Waals surface area contributed by atoms with Crippen molar-refractivity contribution in [3.63, 3.8) is 0 Å². The highest BCUT2D eigenvalue weighted by Gasteiger charge is 2.21. The lowest BCUT2D eigenvalue weighted by molar-refractivity contribution is 0.0688. The van der Waals surface area contributed by atoms with Crippen molar-refractivity contribution in [2.24, 2.45) is 0 Å². The molecule has 3 aromatic rings. The third-order valence-electron chi connectivity index (χ3n) is 4.69. The van der Waals surface area contributed by atoms with E-state index in [0.29, 0.717) is 18.0 Å². The lowest BCUT2D eigenvalue weighted by Gasteiger charge is -2.12. The summed E-state index contributed by atoms with van der Waals surface area (Å²) < 4.78 is 6.30. The standard InChI is InChI=1S/C24H22N4O4/c1-4-32-19-12-10-18(11-13-19)28-23(29)21(15-25)20(22(26-28)24(30)31)14-7-16-5-8-17(9-6-16)27(2)3/h5-14H,4H2,1-3H3,(H,30,31)/b14-7-. The maximum Gasteiger partial charge on any atom is 0.357 e. The fraction of sp³-hybridized carbons (Fsp3) is 0.167. The number of aromatic nitrogens is 2. The minimum absolute atomic E-state index is 0.0381. The van der Waals surface area contributed by atoms with Gasteiger partial charge in [0.2, 0.25) is 0 Å². The summed E-state index contributed by atoms with van der Waals surface area (Å²) in [5.41, 5.74) is 0.682. The summed E-state index contributed by atoms with van der Waals surface area (Å²) in [6, 6.07) is 15.8. The van der Waals surface area contributed by atoms with Gasteiger partial charge in [-0.1, -0.05) is 24.3 Å². The molecule has 0 aliphatic rings. The third-order valence-corrected chi connectivity index (χ3v) is 4.69. The van der Waals surface area contributed by atoms with Gasteiger partial charge in [-0.3, -0.25) is 4.79 Å². The van der Waals surface area contributed by atoms with Gasteiger partial charge in [-0.25, -0.2) is 4.79 Å². The molecule has 0 aliphatic carbocycles. The molecule has 1 N–H and O–H groups in total. The van der Waals surface area contributed by atoms with Crippen molar-refractivity contribution in [2.45, 2.75) is 6.92 Å². The Bertz CT molecular complexity index is 1250. The Balaban J connectivity index is 2.09. The van der Waals surface area contributed by atoms with E-state index in [4.69, 9.17) is 4.74 Å². The lowest BCUT2D eigenvalue weighted by Crippen LogP contribution is -2.28. The van der Waals surface area contributed by atoms with Gasteiger partial charge >= 0.3 is 5.97 Å². The number of carbonyl (C=O) groups is 1. The second-order valence-electron chi connectivity index (χ2n) is 7.02. The van der Waals surface area contributed by atoms with Gasteiger partial charge in [-0.05, 0) is 48.9 Å². The van der Waals surface area contributed by atoms with Crippen LogP contribution >= 0.6 is 0 Å². The van der Waals surface area contributed by atoms with Crippen LogP contribution in [0.2, 0.25) is 0 Å². The number of anilines is 1. The highest BCUT2D eigenvalue weighted by Crippen LogP contribution is 2.19. The van der Waals surface area contributed by atoms with Gasteiger partial charge in [-0.2, -0.15) is 15.0 Å². The van der Waals surface area contributed by atoms with E-state index in [-0.39, 0.29) is 11.1 Å². The predicted octanol–water partition coefficient (Wildman–Crippen LogP) is 3.44. The summed E-state index contributed by atoms with van der Waals surface area (Å²) in [6.07, 6.45) is 3.08. The van der Waals surface area contributed by atoms with Crippen LogP contribution in [0.3, 0.4) is 0 Å². The van der Waals surface area contributed by atoms with E-state index < -0.39 is 17.2 Å². The van der Waals surface area contributed by atoms with E-state index in [1.165, 1.54) is 6.08 Å². The van der Waals surface area contributed by atoms with Crippen molar-refractivity contribution in [2.75, 3.05) is 25.6 Å². The maximum atomic E-state index is 13.0. The van der Waals surface area contributed by atoms with Crippen molar-refractivity contribution in [3.8, 4) is 17.5 Å². The van der Waals surface area contributed by atoms with Gasteiger partial charge in [-0.15, -0.1) is 0 Å². The molecular weight excluding hydrogens is 408 g/mol. The number of benzene rings is 2. The van der Waals surface area contributed by atoms with Crippen LogP contribution < -0.4 is 15.2 Å². The molecular formula is C24H22N4O4. The van der Waals surface area contributed by atoms with Gasteiger partial charge in [0.05, 0.1) is 12.3 Å². The zero-order valence-electron chi connectivity index (χ0n) is 17.9. The van der Waals surface area contributed by atoms with Crippen molar-refractivity contribution in [3.05, 3.63) is 81.3 Å². The second-order valence-corrected chi connectivity index (χ2v) is 7.02. The maximum absolute atomic E-state index is 13.0. The number of nitriles is 1. The van der Waals surface area contributed by atoms with Crippen LogP contribution in [0.15, 0.2) is 53.3 Å². The highest BCUT2D eigenvalue weighted by molar-refractivity contribution is 5.92. The predicted molar refractivity (Wildman–Crippen MR) is 122 cm³/mol. The first kappa shape index (κ1) is 22.3. The lowest BCUT2D eigenvalue weighted by atomic mass is 10.1. The average molecular weight is 430 g/mol. The molecule has 162 valence electrons. The van der Waals surface area contributed by atoms with Gasteiger partial charge < -0.3 is 14.7 Å². The van der Waals surface area contributed by atoms with Crippen molar-refractivity contribution >= 4 is 23.8 Å². The number of hydrogen-bond acceptors (Lipinski definition) is 6. The van der Waals surface area contributed by atoms with Gasteiger partial charge in [0, 0.05) is 25.3 Å². The second kappa shape index (κ2) is 9.62. The molecule has 0 unspecified atom stereocenters. The van der Waals surface area contributed by atoms with Crippen LogP contribution in [0.25, 0.3) is 17.8 Å². The summed E-state index contributed by atoms with van der Waals surface area (Å²) in [7, 11) is 3.85. The van der Waals surface area contributed by atoms with Crippen LogP contribution in [-0.2, 0) is 0 Å². The molecule has 8 nitrogen and oxygen atoms in total. The monoisotopic (exact) mass is 430 g/mol. The summed E-state index contributed by atoms with van der Waals surface area (Å²) in [4.78, 5) is 26.8. The first-order chi connectivity index (χ1) is 15.3. The molecule has 0 aliphatic heterocycles. The van der Waals surface area contributed by atoms with Crippen LogP contribution in [0.5, 0.6) is 5.75 Å². The summed E-state index contributed by atoms with van der Waals surface area (Å²) >= 11 is 0. The molecule has 1 aromatic heterocycles. The molecule has 3 rings (SSSR count). The minimum Gasteiger partial charge on any atom is -0.494 e. The van der Waals surface area contributed by atoms with Crippen molar-refractivity contribution in [1.82, 2.24) is 9.78 Å². The third kappa shape index (κ3) is 4.68. The molecule has 0 radical (unpaired) electrons. The molecule has 0 fully saturated rings. The summed E-state index contributed by atoms with van der Waals surface area (Å²) in [6.45, 7) is 2.33. The van der Waals surface area contributed by atoms with E-state index >= 15 is 0 Å². The minimum atomic E-state index is -1.34. The van der Waals surface area contributed by atoms with E-state index in [2.05, 4.69) is 5.10 Å². The fourth-order valence-electron chi connectivity index (χ4n) is 3.06. The Morgan fingerprint density at radius 3 is 2.34 bits per heavy atom. The molecule has 0 saturated carbocycles. The molecule has 0 spiro atoms. The molecule has 1 heterocycles.